The summed E-state index contributed by atoms with van der Waals surface area (Å²) in [5.74, 6) is -2.52. The fourth-order valence-corrected chi connectivity index (χ4v) is 4.96. The molecule has 0 saturated heterocycles. The van der Waals surface area contributed by atoms with Gasteiger partial charge in [0.15, 0.2) is 28.8 Å². The van der Waals surface area contributed by atoms with Crippen LogP contribution in [0.15, 0.2) is 66.7 Å². The monoisotopic (exact) mass is 552 g/mol. The van der Waals surface area contributed by atoms with Crippen LogP contribution in [0.2, 0.25) is 0 Å². The third kappa shape index (κ3) is 5.48. The Balaban J connectivity index is 1.44. The van der Waals surface area contributed by atoms with E-state index in [1.165, 1.54) is 12.1 Å². The normalized spacial score (nSPS) is 12.1. The van der Waals surface area contributed by atoms with Gasteiger partial charge in [-0.2, -0.15) is 0 Å². The van der Waals surface area contributed by atoms with Crippen LogP contribution < -0.4 is 9.47 Å². The van der Waals surface area contributed by atoms with E-state index in [0.29, 0.717) is 11.5 Å². The zero-order valence-corrected chi connectivity index (χ0v) is 23.1. The van der Waals surface area contributed by atoms with Gasteiger partial charge in [-0.05, 0) is 73.2 Å². The number of ether oxygens (including phenoxy) is 2. The summed E-state index contributed by atoms with van der Waals surface area (Å²) in [4.78, 5) is 27.0. The molecule has 0 fully saturated rings. The number of benzene rings is 4. The molecule has 1 aliphatic carbocycles. The second-order valence-corrected chi connectivity index (χ2v) is 10.2. The van der Waals surface area contributed by atoms with Crippen LogP contribution in [-0.4, -0.2) is 26.9 Å². The number of unbranched alkanes of at least 4 members (excludes halogenated alkanes) is 2. The lowest BCUT2D eigenvalue weighted by Crippen LogP contribution is -2.21. The van der Waals surface area contributed by atoms with E-state index in [1.807, 2.05) is 24.3 Å². The fourth-order valence-electron chi connectivity index (χ4n) is 4.96. The molecule has 41 heavy (non-hydrogen) atoms. The van der Waals surface area contributed by atoms with Crippen LogP contribution >= 0.6 is 0 Å². The summed E-state index contributed by atoms with van der Waals surface area (Å²) in [6.07, 6.45) is 6.19. The molecule has 0 amide bonds. The van der Waals surface area contributed by atoms with Crippen molar-refractivity contribution in [3.63, 3.8) is 0 Å². The van der Waals surface area contributed by atoms with Gasteiger partial charge < -0.3 is 24.8 Å². The van der Waals surface area contributed by atoms with Crippen LogP contribution in [-0.2, 0) is 12.8 Å². The molecule has 0 heterocycles. The van der Waals surface area contributed by atoms with Crippen molar-refractivity contribution in [2.75, 3.05) is 0 Å². The van der Waals surface area contributed by atoms with Gasteiger partial charge in [-0.3, -0.25) is 9.59 Å². The number of carbonyl (C=O) groups is 2. The molecule has 0 aliphatic heterocycles. The number of hydrogen-bond donors (Lipinski definition) is 3. The standard InChI is InChI=1S/C34H32O7/c1-3-5-7-20-9-13-22(14-10-20)40-26-18-17-24-28(32(26)37)34(39)29-25(35)19-27(33(38)30(29)31(24)36)41-23-15-11-21(12-16-23)8-6-4-2/h9-19,35,37-38H,3-8H2,1-2H3. The van der Waals surface area contributed by atoms with E-state index >= 15 is 0 Å². The van der Waals surface area contributed by atoms with Gasteiger partial charge in [0.25, 0.3) is 0 Å². The largest absolute Gasteiger partial charge is 0.507 e. The van der Waals surface area contributed by atoms with Crippen LogP contribution in [0, 0.1) is 0 Å². The first-order valence-corrected chi connectivity index (χ1v) is 13.9. The highest BCUT2D eigenvalue weighted by atomic mass is 16.5. The molecule has 0 aromatic heterocycles. The minimum Gasteiger partial charge on any atom is -0.507 e. The van der Waals surface area contributed by atoms with Crippen LogP contribution in [0.1, 0.15) is 82.5 Å². The van der Waals surface area contributed by atoms with Gasteiger partial charge in [-0.15, -0.1) is 0 Å². The lowest BCUT2D eigenvalue weighted by molar-refractivity contribution is 0.0971. The summed E-state index contributed by atoms with van der Waals surface area (Å²) in [5.41, 5.74) is 1.10. The van der Waals surface area contributed by atoms with E-state index in [4.69, 9.17) is 9.47 Å². The Morgan fingerprint density at radius 3 is 1.63 bits per heavy atom. The second kappa shape index (κ2) is 11.8. The van der Waals surface area contributed by atoms with E-state index in [9.17, 15) is 24.9 Å². The van der Waals surface area contributed by atoms with Gasteiger partial charge >= 0.3 is 0 Å². The summed E-state index contributed by atoms with van der Waals surface area (Å²) in [6, 6.07) is 18.6. The van der Waals surface area contributed by atoms with Crippen molar-refractivity contribution in [3.8, 4) is 40.2 Å². The summed E-state index contributed by atoms with van der Waals surface area (Å²) < 4.78 is 11.6. The average molecular weight is 553 g/mol. The Bertz CT molecular complexity index is 1600. The summed E-state index contributed by atoms with van der Waals surface area (Å²) in [7, 11) is 0. The Hall–Kier alpha value is -4.78. The number of phenols is 3. The van der Waals surface area contributed by atoms with Gasteiger partial charge in [0.1, 0.15) is 17.2 Å². The molecule has 210 valence electrons. The van der Waals surface area contributed by atoms with Crippen molar-refractivity contribution in [3.05, 3.63) is 100 Å². The fraction of sp³-hybridized carbons (Fsp3) is 0.235. The second-order valence-electron chi connectivity index (χ2n) is 10.2. The van der Waals surface area contributed by atoms with E-state index in [1.54, 1.807) is 24.3 Å². The van der Waals surface area contributed by atoms with Crippen molar-refractivity contribution >= 4 is 11.6 Å². The first kappa shape index (κ1) is 27.8. The van der Waals surface area contributed by atoms with E-state index in [2.05, 4.69) is 13.8 Å². The number of rotatable bonds is 10. The Morgan fingerprint density at radius 2 is 1.10 bits per heavy atom. The van der Waals surface area contributed by atoms with Crippen LogP contribution in [0.3, 0.4) is 0 Å². The zero-order valence-electron chi connectivity index (χ0n) is 23.1. The molecule has 4 aromatic rings. The first-order valence-electron chi connectivity index (χ1n) is 13.9. The molecule has 7 nitrogen and oxygen atoms in total. The maximum atomic E-state index is 13.5. The quantitative estimate of drug-likeness (QED) is 0.151. The molecular weight excluding hydrogens is 520 g/mol. The molecule has 4 aromatic carbocycles. The van der Waals surface area contributed by atoms with Gasteiger partial charge in [0.2, 0.25) is 5.78 Å². The van der Waals surface area contributed by atoms with E-state index in [0.717, 1.165) is 55.7 Å². The van der Waals surface area contributed by atoms with Crippen molar-refractivity contribution in [1.82, 2.24) is 0 Å². The zero-order chi connectivity index (χ0) is 29.1. The minimum atomic E-state index is -0.813. The maximum absolute atomic E-state index is 13.5. The molecule has 0 radical (unpaired) electrons. The van der Waals surface area contributed by atoms with Crippen LogP contribution in [0.4, 0.5) is 0 Å². The number of ketones is 2. The molecule has 5 rings (SSSR count). The van der Waals surface area contributed by atoms with Crippen LogP contribution in [0.5, 0.6) is 40.2 Å². The molecule has 0 bridgehead atoms. The molecule has 7 heteroatoms. The molecule has 0 saturated carbocycles. The first-order chi connectivity index (χ1) is 19.8. The lowest BCUT2D eigenvalue weighted by Gasteiger charge is -2.22. The Kier molecular flexibility index (Phi) is 7.97. The van der Waals surface area contributed by atoms with Gasteiger partial charge in [0, 0.05) is 11.6 Å². The SMILES string of the molecule is CCCCc1ccc(Oc2ccc3c(c2O)C(=O)c2c(O)cc(Oc4ccc(CCCC)cc4)c(O)c2C3=O)cc1. The highest BCUT2D eigenvalue weighted by Gasteiger charge is 2.39. The third-order valence-corrected chi connectivity index (χ3v) is 7.25. The number of phenolic OH excluding ortho intramolecular Hbond substituents is 3. The number of fused-ring (bicyclic) bond motifs is 2. The van der Waals surface area contributed by atoms with Gasteiger partial charge in [-0.25, -0.2) is 0 Å². The molecule has 0 unspecified atom stereocenters. The summed E-state index contributed by atoms with van der Waals surface area (Å²) in [6.45, 7) is 4.25. The Labute approximate surface area is 238 Å². The highest BCUT2D eigenvalue weighted by molar-refractivity contribution is 6.31. The predicted molar refractivity (Wildman–Crippen MR) is 155 cm³/mol. The molecule has 3 N–H and O–H groups in total. The number of carbonyl (C=O) groups excluding carboxylic acids is 2. The van der Waals surface area contributed by atoms with Crippen molar-refractivity contribution in [1.29, 1.82) is 0 Å². The Morgan fingerprint density at radius 1 is 0.585 bits per heavy atom. The van der Waals surface area contributed by atoms with Gasteiger partial charge in [0.05, 0.1) is 16.7 Å². The van der Waals surface area contributed by atoms with Crippen molar-refractivity contribution < 1.29 is 34.4 Å². The van der Waals surface area contributed by atoms with Gasteiger partial charge in [-0.1, -0.05) is 51.0 Å². The summed E-state index contributed by atoms with van der Waals surface area (Å²) >= 11 is 0. The minimum absolute atomic E-state index is 0.0132. The van der Waals surface area contributed by atoms with Crippen LogP contribution in [0.25, 0.3) is 0 Å². The highest BCUT2D eigenvalue weighted by Crippen LogP contribution is 2.48. The average Bonchev–Trinajstić information content (AvgIpc) is 2.97. The van der Waals surface area contributed by atoms with Crippen molar-refractivity contribution in [2.45, 2.75) is 52.4 Å². The predicted octanol–water partition coefficient (Wildman–Crippen LogP) is 7.85. The topological polar surface area (TPSA) is 113 Å². The lowest BCUT2D eigenvalue weighted by atomic mass is 9.82. The molecule has 1 aliphatic rings. The smallest absolute Gasteiger partial charge is 0.202 e. The maximum Gasteiger partial charge on any atom is 0.202 e. The molecule has 0 spiro atoms. The number of aryl methyl sites for hydroxylation is 2. The van der Waals surface area contributed by atoms with E-state index in [-0.39, 0.29) is 28.2 Å². The number of hydrogen-bond acceptors (Lipinski definition) is 7. The summed E-state index contributed by atoms with van der Waals surface area (Å²) in [5, 5.41) is 32.8. The molecule has 0 atom stereocenters. The third-order valence-electron chi connectivity index (χ3n) is 7.25. The van der Waals surface area contributed by atoms with Crippen molar-refractivity contribution in [2.24, 2.45) is 0 Å². The van der Waals surface area contributed by atoms with E-state index < -0.39 is 34.4 Å². The number of aromatic hydroxyl groups is 3. The molecular formula is C34H32O7.